The molecule has 0 aromatic heterocycles. The van der Waals surface area contributed by atoms with Gasteiger partial charge in [0.15, 0.2) is 0 Å². The van der Waals surface area contributed by atoms with Crippen LogP contribution < -0.4 is 10.1 Å². The summed E-state index contributed by atoms with van der Waals surface area (Å²) in [5.41, 5.74) is 2.71. The quantitative estimate of drug-likeness (QED) is 0.467. The van der Waals surface area contributed by atoms with Crippen molar-refractivity contribution < 1.29 is 14.3 Å². The maximum Gasteiger partial charge on any atom is 0.251 e. The topological polar surface area (TPSA) is 55.4 Å². The number of nitrogens with one attached hydrogen (secondary N) is 1. The third kappa shape index (κ3) is 6.22. The van der Waals surface area contributed by atoms with Crippen LogP contribution >= 0.6 is 11.8 Å². The van der Waals surface area contributed by atoms with E-state index in [4.69, 9.17) is 4.74 Å². The van der Waals surface area contributed by atoms with Crippen LogP contribution in [0.1, 0.15) is 33.9 Å². The molecule has 154 valence electrons. The van der Waals surface area contributed by atoms with Crippen LogP contribution in [0.5, 0.6) is 5.75 Å². The highest BCUT2D eigenvalue weighted by Gasteiger charge is 2.21. The number of carbonyl (C=O) groups excluding carboxylic acids is 2. The van der Waals surface area contributed by atoms with E-state index in [0.29, 0.717) is 17.7 Å². The molecular weight excluding hydrogens is 394 g/mol. The minimum Gasteiger partial charge on any atom is -0.497 e. The highest BCUT2D eigenvalue weighted by molar-refractivity contribution is 7.99. The zero-order chi connectivity index (χ0) is 21.2. The molecule has 0 aliphatic rings. The molecule has 1 amide bonds. The SMILES string of the molecule is COc1ccc(CS[C@H](C=O)CC(NC(=O)c2ccccc2)c2ccccc2)cc1. The highest BCUT2D eigenvalue weighted by atomic mass is 32.2. The van der Waals surface area contributed by atoms with Crippen LogP contribution in [0, 0.1) is 0 Å². The lowest BCUT2D eigenvalue weighted by molar-refractivity contribution is -0.107. The zero-order valence-electron chi connectivity index (χ0n) is 16.9. The van der Waals surface area contributed by atoms with Gasteiger partial charge in [-0.25, -0.2) is 0 Å². The first-order chi connectivity index (χ1) is 14.7. The fourth-order valence-corrected chi connectivity index (χ4v) is 4.12. The molecule has 4 nitrogen and oxygen atoms in total. The Balaban J connectivity index is 1.68. The summed E-state index contributed by atoms with van der Waals surface area (Å²) in [6.07, 6.45) is 1.49. The van der Waals surface area contributed by atoms with Gasteiger partial charge in [0.1, 0.15) is 12.0 Å². The van der Waals surface area contributed by atoms with E-state index in [1.165, 1.54) is 0 Å². The van der Waals surface area contributed by atoms with Gasteiger partial charge in [-0.1, -0.05) is 60.7 Å². The lowest BCUT2D eigenvalue weighted by Crippen LogP contribution is -2.31. The Bertz CT molecular complexity index is 930. The summed E-state index contributed by atoms with van der Waals surface area (Å²) in [5.74, 6) is 1.37. The molecule has 0 aliphatic heterocycles. The molecule has 5 heteroatoms. The van der Waals surface area contributed by atoms with E-state index in [-0.39, 0.29) is 17.2 Å². The summed E-state index contributed by atoms with van der Waals surface area (Å²) < 4.78 is 5.19. The van der Waals surface area contributed by atoms with E-state index in [1.54, 1.807) is 31.0 Å². The van der Waals surface area contributed by atoms with E-state index >= 15 is 0 Å². The average Bonchev–Trinajstić information content (AvgIpc) is 2.82. The largest absolute Gasteiger partial charge is 0.497 e. The van der Waals surface area contributed by atoms with Gasteiger partial charge in [-0.2, -0.15) is 0 Å². The molecule has 0 radical (unpaired) electrons. The van der Waals surface area contributed by atoms with Crippen molar-refractivity contribution >= 4 is 24.0 Å². The number of methoxy groups -OCH3 is 1. The van der Waals surface area contributed by atoms with Crippen molar-refractivity contribution in [1.29, 1.82) is 0 Å². The first-order valence-electron chi connectivity index (χ1n) is 9.80. The Hall–Kier alpha value is -3.05. The van der Waals surface area contributed by atoms with Crippen molar-refractivity contribution in [3.8, 4) is 5.75 Å². The Kier molecular flexibility index (Phi) is 8.10. The molecule has 0 bridgehead atoms. The molecule has 1 unspecified atom stereocenters. The number of ether oxygens (including phenoxy) is 1. The molecule has 0 fully saturated rings. The van der Waals surface area contributed by atoms with Gasteiger partial charge in [-0.15, -0.1) is 11.8 Å². The van der Waals surface area contributed by atoms with E-state index in [0.717, 1.165) is 23.2 Å². The van der Waals surface area contributed by atoms with E-state index < -0.39 is 0 Å². The molecule has 2 atom stereocenters. The van der Waals surface area contributed by atoms with Crippen LogP contribution in [0.2, 0.25) is 0 Å². The van der Waals surface area contributed by atoms with E-state index in [1.807, 2.05) is 72.8 Å². The standard InChI is InChI=1S/C25H25NO3S/c1-29-22-14-12-19(13-15-22)18-30-23(17-27)16-24(20-8-4-2-5-9-20)26-25(28)21-10-6-3-7-11-21/h2-15,17,23-24H,16,18H2,1H3,(H,26,28)/t23-,24?/m0/s1. The average molecular weight is 420 g/mol. The number of rotatable bonds is 10. The molecule has 30 heavy (non-hydrogen) atoms. The predicted octanol–water partition coefficient (Wildman–Crippen LogP) is 5.06. The Morgan fingerprint density at radius 3 is 2.20 bits per heavy atom. The number of amides is 1. The summed E-state index contributed by atoms with van der Waals surface area (Å²) in [6, 6.07) is 26.5. The number of hydrogen-bond acceptors (Lipinski definition) is 4. The maximum absolute atomic E-state index is 12.7. The summed E-state index contributed by atoms with van der Waals surface area (Å²) in [7, 11) is 1.64. The van der Waals surface area contributed by atoms with Crippen LogP contribution in [0.25, 0.3) is 0 Å². The molecule has 0 saturated heterocycles. The van der Waals surface area contributed by atoms with Crippen LogP contribution in [0.15, 0.2) is 84.9 Å². The number of carbonyl (C=O) groups is 2. The van der Waals surface area contributed by atoms with Crippen LogP contribution in [-0.2, 0) is 10.5 Å². The van der Waals surface area contributed by atoms with Crippen molar-refractivity contribution in [2.75, 3.05) is 7.11 Å². The van der Waals surface area contributed by atoms with E-state index in [9.17, 15) is 9.59 Å². The molecule has 0 spiro atoms. The Morgan fingerprint density at radius 2 is 1.60 bits per heavy atom. The van der Waals surface area contributed by atoms with Gasteiger partial charge in [0, 0.05) is 11.3 Å². The first kappa shape index (κ1) is 21.7. The third-order valence-electron chi connectivity index (χ3n) is 4.79. The summed E-state index contributed by atoms with van der Waals surface area (Å²) >= 11 is 1.57. The van der Waals surface area contributed by atoms with E-state index in [2.05, 4.69) is 5.32 Å². The molecule has 0 aliphatic carbocycles. The van der Waals surface area contributed by atoms with Gasteiger partial charge >= 0.3 is 0 Å². The van der Waals surface area contributed by atoms with Crippen molar-refractivity contribution in [2.24, 2.45) is 0 Å². The molecule has 3 rings (SSSR count). The van der Waals surface area contributed by atoms with Crippen molar-refractivity contribution in [3.05, 3.63) is 102 Å². The minimum absolute atomic E-state index is 0.144. The highest BCUT2D eigenvalue weighted by Crippen LogP contribution is 2.27. The summed E-state index contributed by atoms with van der Waals surface area (Å²) in [5, 5.41) is 2.86. The van der Waals surface area contributed by atoms with Crippen LogP contribution in [0.3, 0.4) is 0 Å². The second-order valence-electron chi connectivity index (χ2n) is 6.87. The molecule has 0 heterocycles. The first-order valence-corrected chi connectivity index (χ1v) is 10.8. The van der Waals surface area contributed by atoms with Crippen molar-refractivity contribution in [2.45, 2.75) is 23.5 Å². The Morgan fingerprint density at radius 1 is 0.967 bits per heavy atom. The molecule has 3 aromatic carbocycles. The van der Waals surface area contributed by atoms with Gasteiger partial charge in [0.05, 0.1) is 18.4 Å². The molecule has 1 N–H and O–H groups in total. The van der Waals surface area contributed by atoms with Gasteiger partial charge < -0.3 is 14.8 Å². The zero-order valence-corrected chi connectivity index (χ0v) is 17.7. The maximum atomic E-state index is 12.7. The van der Waals surface area contributed by atoms with Gasteiger partial charge in [0.25, 0.3) is 5.91 Å². The third-order valence-corrected chi connectivity index (χ3v) is 6.02. The van der Waals surface area contributed by atoms with Gasteiger partial charge in [-0.3, -0.25) is 4.79 Å². The summed E-state index contributed by atoms with van der Waals surface area (Å²) in [4.78, 5) is 24.5. The molecule has 0 saturated carbocycles. The number of benzene rings is 3. The second-order valence-corrected chi connectivity index (χ2v) is 8.10. The van der Waals surface area contributed by atoms with Gasteiger partial charge in [0.2, 0.25) is 0 Å². The van der Waals surface area contributed by atoms with Crippen LogP contribution in [-0.4, -0.2) is 24.6 Å². The molecular formula is C25H25NO3S. The fourth-order valence-electron chi connectivity index (χ4n) is 3.12. The number of aldehydes is 1. The van der Waals surface area contributed by atoms with Gasteiger partial charge in [-0.05, 0) is 41.8 Å². The number of hydrogen-bond donors (Lipinski definition) is 1. The lowest BCUT2D eigenvalue weighted by atomic mass is 10.0. The fraction of sp³-hybridized carbons (Fsp3) is 0.200. The molecule has 3 aromatic rings. The normalized spacial score (nSPS) is 12.6. The minimum atomic E-state index is -0.252. The lowest BCUT2D eigenvalue weighted by Gasteiger charge is -2.22. The van der Waals surface area contributed by atoms with Crippen molar-refractivity contribution in [1.82, 2.24) is 5.32 Å². The monoisotopic (exact) mass is 419 g/mol. The second kappa shape index (κ2) is 11.2. The smallest absolute Gasteiger partial charge is 0.251 e. The summed E-state index contributed by atoms with van der Waals surface area (Å²) in [6.45, 7) is 0. The van der Waals surface area contributed by atoms with Crippen LogP contribution in [0.4, 0.5) is 0 Å². The predicted molar refractivity (Wildman–Crippen MR) is 122 cm³/mol. The Labute approximate surface area is 181 Å². The number of thioether (sulfide) groups is 1. The van der Waals surface area contributed by atoms with Crippen molar-refractivity contribution in [3.63, 3.8) is 0 Å².